The van der Waals surface area contributed by atoms with Crippen LogP contribution in [0.1, 0.15) is 20.3 Å². The first-order valence-electron chi connectivity index (χ1n) is 5.55. The van der Waals surface area contributed by atoms with Gasteiger partial charge in [0.25, 0.3) is 0 Å². The number of nitro groups is 1. The normalized spacial score (nSPS) is 11.9. The van der Waals surface area contributed by atoms with Gasteiger partial charge in [0.1, 0.15) is 6.61 Å². The lowest BCUT2D eigenvalue weighted by Crippen LogP contribution is -2.19. The number of hydrogen-bond acceptors (Lipinski definition) is 4. The molecule has 0 radical (unpaired) electrons. The summed E-state index contributed by atoms with van der Waals surface area (Å²) in [4.78, 5) is 21.9. The Morgan fingerprint density at radius 1 is 1.56 bits per heavy atom. The minimum atomic E-state index is -0.534. The molecule has 0 aliphatic carbocycles. The zero-order valence-electron chi connectivity index (χ0n) is 10.2. The molecule has 0 fully saturated rings. The summed E-state index contributed by atoms with van der Waals surface area (Å²) >= 11 is 3.18. The summed E-state index contributed by atoms with van der Waals surface area (Å²) in [5.41, 5.74) is -0.152. The number of carbonyl (C=O) groups excluding carboxylic acids is 1. The average molecular weight is 316 g/mol. The Hall–Kier alpha value is -1.43. The van der Waals surface area contributed by atoms with Crippen LogP contribution in [0.5, 0.6) is 5.75 Å². The number of hydrogen-bond donors (Lipinski definition) is 0. The van der Waals surface area contributed by atoms with Crippen LogP contribution in [-0.2, 0) is 4.79 Å². The van der Waals surface area contributed by atoms with Crippen molar-refractivity contribution in [1.29, 1.82) is 0 Å². The van der Waals surface area contributed by atoms with Crippen LogP contribution < -0.4 is 4.74 Å². The molecule has 0 amide bonds. The standard InChI is InChI=1S/C12H14BrNO4/c1-3-8(2)11(15)7-18-12-9(13)5-4-6-10(12)14(16)17/h4-6,8H,3,7H2,1-2H3. The zero-order valence-corrected chi connectivity index (χ0v) is 11.8. The molecule has 6 heteroatoms. The van der Waals surface area contributed by atoms with E-state index in [0.717, 1.165) is 6.42 Å². The molecule has 1 aromatic carbocycles. The van der Waals surface area contributed by atoms with Crippen LogP contribution in [0, 0.1) is 16.0 Å². The lowest BCUT2D eigenvalue weighted by atomic mass is 10.0. The van der Waals surface area contributed by atoms with Crippen LogP contribution >= 0.6 is 15.9 Å². The van der Waals surface area contributed by atoms with E-state index in [4.69, 9.17) is 4.74 Å². The summed E-state index contributed by atoms with van der Waals surface area (Å²) in [6.45, 7) is 3.56. The van der Waals surface area contributed by atoms with E-state index < -0.39 is 4.92 Å². The number of benzene rings is 1. The molecule has 0 aromatic heterocycles. The molecule has 0 spiro atoms. The monoisotopic (exact) mass is 315 g/mol. The van der Waals surface area contributed by atoms with E-state index in [1.165, 1.54) is 6.07 Å². The molecule has 0 aliphatic rings. The van der Waals surface area contributed by atoms with Crippen LogP contribution in [0.3, 0.4) is 0 Å². The van der Waals surface area contributed by atoms with Crippen molar-refractivity contribution in [2.24, 2.45) is 5.92 Å². The van der Waals surface area contributed by atoms with Crippen LogP contribution in [0.4, 0.5) is 5.69 Å². The van der Waals surface area contributed by atoms with Crippen LogP contribution in [-0.4, -0.2) is 17.3 Å². The molecular formula is C12H14BrNO4. The first-order valence-corrected chi connectivity index (χ1v) is 6.35. The Morgan fingerprint density at radius 2 is 2.22 bits per heavy atom. The molecule has 0 bridgehead atoms. The van der Waals surface area contributed by atoms with Gasteiger partial charge in [-0.15, -0.1) is 0 Å². The molecule has 0 heterocycles. The maximum Gasteiger partial charge on any atom is 0.312 e. The number of rotatable bonds is 6. The summed E-state index contributed by atoms with van der Waals surface area (Å²) < 4.78 is 5.74. The molecule has 0 saturated heterocycles. The molecule has 0 N–H and O–H groups in total. The number of nitro benzene ring substituents is 1. The first kappa shape index (κ1) is 14.6. The van der Waals surface area contributed by atoms with Crippen molar-refractivity contribution in [2.75, 3.05) is 6.61 Å². The quantitative estimate of drug-likeness (QED) is 0.596. The number of para-hydroxylation sites is 1. The fourth-order valence-corrected chi connectivity index (χ4v) is 1.77. The molecule has 1 unspecified atom stereocenters. The van der Waals surface area contributed by atoms with E-state index in [9.17, 15) is 14.9 Å². The lowest BCUT2D eigenvalue weighted by Gasteiger charge is -2.10. The van der Waals surface area contributed by atoms with Crippen molar-refractivity contribution in [3.63, 3.8) is 0 Å². The van der Waals surface area contributed by atoms with E-state index in [2.05, 4.69) is 15.9 Å². The SMILES string of the molecule is CCC(C)C(=O)COc1c(Br)cccc1[N+](=O)[O-]. The number of halogens is 1. The number of ketones is 1. The average Bonchev–Trinajstić information content (AvgIpc) is 2.35. The Kier molecular flexibility index (Phi) is 5.27. The second-order valence-electron chi connectivity index (χ2n) is 3.91. The number of Topliss-reactive ketones (excluding diaryl/α,β-unsaturated/α-hetero) is 1. The number of ether oxygens (including phenoxy) is 1. The highest BCUT2D eigenvalue weighted by atomic mass is 79.9. The van der Waals surface area contributed by atoms with Crippen molar-refractivity contribution >= 4 is 27.4 Å². The largest absolute Gasteiger partial charge is 0.478 e. The van der Waals surface area contributed by atoms with E-state index in [1.54, 1.807) is 19.1 Å². The summed E-state index contributed by atoms with van der Waals surface area (Å²) in [5, 5.41) is 10.8. The lowest BCUT2D eigenvalue weighted by molar-refractivity contribution is -0.385. The molecule has 18 heavy (non-hydrogen) atoms. The Bertz CT molecular complexity index is 461. The van der Waals surface area contributed by atoms with Crippen molar-refractivity contribution in [3.05, 3.63) is 32.8 Å². The maximum absolute atomic E-state index is 11.6. The summed E-state index contributed by atoms with van der Waals surface area (Å²) in [6, 6.07) is 4.52. The van der Waals surface area contributed by atoms with Gasteiger partial charge in [-0.05, 0) is 28.4 Å². The van der Waals surface area contributed by atoms with Crippen molar-refractivity contribution in [1.82, 2.24) is 0 Å². The number of nitrogens with zero attached hydrogens (tertiary/aromatic N) is 1. The topological polar surface area (TPSA) is 69.4 Å². The van der Waals surface area contributed by atoms with Gasteiger partial charge in [0.05, 0.1) is 9.40 Å². The van der Waals surface area contributed by atoms with Gasteiger partial charge in [-0.2, -0.15) is 0 Å². The first-order chi connectivity index (χ1) is 8.47. The van der Waals surface area contributed by atoms with Gasteiger partial charge in [0.2, 0.25) is 5.75 Å². The third kappa shape index (κ3) is 3.53. The minimum absolute atomic E-state index is 0.0671. The molecule has 98 valence electrons. The second kappa shape index (κ2) is 6.49. The van der Waals surface area contributed by atoms with Gasteiger partial charge in [0, 0.05) is 12.0 Å². The molecule has 0 aliphatic heterocycles. The Balaban J connectivity index is 2.84. The zero-order chi connectivity index (χ0) is 13.7. The van der Waals surface area contributed by atoms with Crippen molar-refractivity contribution in [2.45, 2.75) is 20.3 Å². The van der Waals surface area contributed by atoms with E-state index in [0.29, 0.717) is 4.47 Å². The molecule has 0 saturated carbocycles. The van der Waals surface area contributed by atoms with Crippen LogP contribution in [0.25, 0.3) is 0 Å². The fourth-order valence-electron chi connectivity index (χ4n) is 1.30. The summed E-state index contributed by atoms with van der Waals surface area (Å²) in [5.74, 6) is -0.0757. The minimum Gasteiger partial charge on any atom is -0.478 e. The summed E-state index contributed by atoms with van der Waals surface area (Å²) in [6.07, 6.45) is 0.722. The van der Waals surface area contributed by atoms with E-state index in [1.807, 2.05) is 6.92 Å². The van der Waals surface area contributed by atoms with Gasteiger partial charge in [-0.1, -0.05) is 19.9 Å². The van der Waals surface area contributed by atoms with Gasteiger partial charge in [-0.25, -0.2) is 0 Å². The van der Waals surface area contributed by atoms with Gasteiger partial charge in [0.15, 0.2) is 5.78 Å². The summed E-state index contributed by atoms with van der Waals surface area (Å²) in [7, 11) is 0. The molecule has 1 atom stereocenters. The van der Waals surface area contributed by atoms with E-state index >= 15 is 0 Å². The van der Waals surface area contributed by atoms with Crippen molar-refractivity contribution in [3.8, 4) is 5.75 Å². The van der Waals surface area contributed by atoms with Crippen LogP contribution in [0.2, 0.25) is 0 Å². The van der Waals surface area contributed by atoms with Crippen LogP contribution in [0.15, 0.2) is 22.7 Å². The highest BCUT2D eigenvalue weighted by molar-refractivity contribution is 9.10. The van der Waals surface area contributed by atoms with Gasteiger partial charge < -0.3 is 4.74 Å². The predicted octanol–water partition coefficient (Wildman–Crippen LogP) is 3.35. The van der Waals surface area contributed by atoms with Crippen molar-refractivity contribution < 1.29 is 14.5 Å². The van der Waals surface area contributed by atoms with Gasteiger partial charge in [-0.3, -0.25) is 14.9 Å². The highest BCUT2D eigenvalue weighted by Gasteiger charge is 2.20. The molecule has 1 rings (SSSR count). The maximum atomic E-state index is 11.6. The highest BCUT2D eigenvalue weighted by Crippen LogP contribution is 2.34. The van der Waals surface area contributed by atoms with E-state index in [-0.39, 0.29) is 29.7 Å². The third-order valence-corrected chi connectivity index (χ3v) is 3.29. The molecular weight excluding hydrogens is 302 g/mol. The second-order valence-corrected chi connectivity index (χ2v) is 4.76. The smallest absolute Gasteiger partial charge is 0.312 e. The van der Waals surface area contributed by atoms with Gasteiger partial charge >= 0.3 is 5.69 Å². The fraction of sp³-hybridized carbons (Fsp3) is 0.417. The Morgan fingerprint density at radius 3 is 2.78 bits per heavy atom. The third-order valence-electron chi connectivity index (χ3n) is 2.66. The number of carbonyl (C=O) groups is 1. The predicted molar refractivity (Wildman–Crippen MR) is 70.8 cm³/mol. The Labute approximate surface area is 113 Å². The molecule has 1 aromatic rings. The molecule has 5 nitrogen and oxygen atoms in total.